The fourth-order valence-corrected chi connectivity index (χ4v) is 4.06. The second-order valence-corrected chi connectivity index (χ2v) is 8.13. The number of hydrogen-bond acceptors (Lipinski definition) is 5. The van der Waals surface area contributed by atoms with Crippen LogP contribution in [0.15, 0.2) is 47.1 Å². The minimum atomic E-state index is -0.796. The number of carboxylic acids is 1. The molecule has 0 spiro atoms. The van der Waals surface area contributed by atoms with E-state index in [4.69, 9.17) is 19.0 Å². The van der Waals surface area contributed by atoms with Crippen LogP contribution in [0.1, 0.15) is 43.7 Å². The Bertz CT molecular complexity index is 1210. The number of aryl methyl sites for hydroxylation is 1. The summed E-state index contributed by atoms with van der Waals surface area (Å²) < 4.78 is 17.1. The minimum absolute atomic E-state index is 0.152. The van der Waals surface area contributed by atoms with Gasteiger partial charge in [0.2, 0.25) is 5.91 Å². The number of ether oxygens (including phenoxy) is 2. The van der Waals surface area contributed by atoms with Gasteiger partial charge in [0.25, 0.3) is 0 Å². The molecule has 0 aliphatic carbocycles. The smallest absolute Gasteiger partial charge is 0.303 e. The first-order chi connectivity index (χ1) is 16.4. The van der Waals surface area contributed by atoms with Gasteiger partial charge in [-0.05, 0) is 44.4 Å². The summed E-state index contributed by atoms with van der Waals surface area (Å²) in [7, 11) is 3.24. The van der Waals surface area contributed by atoms with Crippen LogP contribution in [0.2, 0.25) is 0 Å². The molecule has 0 atom stereocenters. The Morgan fingerprint density at radius 3 is 2.56 bits per heavy atom. The molecule has 0 bridgehead atoms. The quantitative estimate of drug-likeness (QED) is 0.283. The fourth-order valence-electron chi connectivity index (χ4n) is 4.06. The molecular weight excluding hydrogens is 434 g/mol. The van der Waals surface area contributed by atoms with E-state index in [9.17, 15) is 9.59 Å². The molecule has 7 nitrogen and oxygen atoms in total. The van der Waals surface area contributed by atoms with Crippen molar-refractivity contribution in [3.63, 3.8) is 0 Å². The predicted octanol–water partition coefficient (Wildman–Crippen LogP) is 5.59. The van der Waals surface area contributed by atoms with Crippen LogP contribution in [0.3, 0.4) is 0 Å². The van der Waals surface area contributed by atoms with Crippen molar-refractivity contribution in [3.8, 4) is 22.6 Å². The zero-order valence-electron chi connectivity index (χ0n) is 20.1. The molecule has 2 aromatic carbocycles. The molecule has 1 aromatic heterocycles. The van der Waals surface area contributed by atoms with Crippen LogP contribution in [-0.2, 0) is 9.59 Å². The van der Waals surface area contributed by atoms with E-state index < -0.39 is 5.97 Å². The van der Waals surface area contributed by atoms with Gasteiger partial charge in [-0.25, -0.2) is 0 Å². The molecule has 1 amide bonds. The number of carbonyl (C=O) groups is 2. The third-order valence-electron chi connectivity index (χ3n) is 5.78. The minimum Gasteiger partial charge on any atom is -0.496 e. The number of hydrogen-bond donors (Lipinski definition) is 2. The van der Waals surface area contributed by atoms with Gasteiger partial charge >= 0.3 is 5.97 Å². The topological polar surface area (TPSA) is 98.0 Å². The number of aliphatic carboxylic acids is 1. The Kier molecular flexibility index (Phi) is 8.35. The van der Waals surface area contributed by atoms with Crippen molar-refractivity contribution in [2.45, 2.75) is 39.5 Å². The second-order valence-electron chi connectivity index (χ2n) is 8.13. The van der Waals surface area contributed by atoms with Gasteiger partial charge in [-0.2, -0.15) is 0 Å². The summed E-state index contributed by atoms with van der Waals surface area (Å²) in [6.07, 6.45) is 5.52. The summed E-state index contributed by atoms with van der Waals surface area (Å²) in [5, 5.41) is 12.5. The van der Waals surface area contributed by atoms with E-state index in [-0.39, 0.29) is 12.3 Å². The highest BCUT2D eigenvalue weighted by molar-refractivity contribution is 6.02. The molecule has 0 aliphatic rings. The fraction of sp³-hybridized carbons (Fsp3) is 0.333. The number of methoxy groups -OCH3 is 2. The molecule has 0 saturated carbocycles. The summed E-state index contributed by atoms with van der Waals surface area (Å²) in [6.45, 7) is 4.31. The van der Waals surface area contributed by atoms with Crippen LogP contribution >= 0.6 is 0 Å². The molecule has 34 heavy (non-hydrogen) atoms. The van der Waals surface area contributed by atoms with Crippen LogP contribution < -0.4 is 14.8 Å². The molecule has 1 heterocycles. The SMILES string of the molecule is COc1ccccc1-c1coc2c(C)c(OC)c(/C(C)=C/C(=O)NCCCCCC(=O)O)cc12. The van der Waals surface area contributed by atoms with E-state index in [1.54, 1.807) is 26.6 Å². The number of carbonyl (C=O) groups excluding carboxylic acids is 1. The highest BCUT2D eigenvalue weighted by Crippen LogP contribution is 2.42. The number of fused-ring (bicyclic) bond motifs is 1. The second kappa shape index (κ2) is 11.4. The average Bonchev–Trinajstić information content (AvgIpc) is 3.25. The Morgan fingerprint density at radius 2 is 1.85 bits per heavy atom. The number of allylic oxidation sites excluding steroid dienone is 1. The first kappa shape index (κ1) is 24.9. The molecule has 180 valence electrons. The number of rotatable bonds is 11. The maximum atomic E-state index is 12.5. The van der Waals surface area contributed by atoms with E-state index in [0.29, 0.717) is 18.7 Å². The Morgan fingerprint density at radius 1 is 1.09 bits per heavy atom. The maximum Gasteiger partial charge on any atom is 0.303 e. The van der Waals surface area contributed by atoms with Gasteiger partial charge in [0.05, 0.1) is 20.5 Å². The van der Waals surface area contributed by atoms with Crippen LogP contribution in [0.5, 0.6) is 11.5 Å². The number of benzene rings is 2. The summed E-state index contributed by atoms with van der Waals surface area (Å²) in [4.78, 5) is 23.1. The molecule has 0 unspecified atom stereocenters. The Labute approximate surface area is 199 Å². The predicted molar refractivity (Wildman–Crippen MR) is 132 cm³/mol. The number of furan rings is 1. The zero-order chi connectivity index (χ0) is 24.7. The number of amides is 1. The molecule has 0 radical (unpaired) electrons. The van der Waals surface area contributed by atoms with Gasteiger partial charge in [-0.1, -0.05) is 24.6 Å². The summed E-state index contributed by atoms with van der Waals surface area (Å²) >= 11 is 0. The van der Waals surface area contributed by atoms with Crippen LogP contribution in [0.25, 0.3) is 27.7 Å². The van der Waals surface area contributed by atoms with Gasteiger partial charge in [0, 0.05) is 46.7 Å². The van der Waals surface area contributed by atoms with Gasteiger partial charge in [0.1, 0.15) is 17.1 Å². The lowest BCUT2D eigenvalue weighted by Gasteiger charge is -2.14. The van der Waals surface area contributed by atoms with E-state index in [2.05, 4.69) is 5.32 Å². The first-order valence-electron chi connectivity index (χ1n) is 11.3. The molecule has 7 heteroatoms. The van der Waals surface area contributed by atoms with Crippen LogP contribution in [-0.4, -0.2) is 37.7 Å². The van der Waals surface area contributed by atoms with Gasteiger partial charge < -0.3 is 24.3 Å². The number of unbranched alkanes of at least 4 members (excludes halogenated alkanes) is 2. The van der Waals surface area contributed by atoms with Crippen LogP contribution in [0, 0.1) is 6.92 Å². The van der Waals surface area contributed by atoms with Gasteiger partial charge in [-0.15, -0.1) is 0 Å². The largest absolute Gasteiger partial charge is 0.496 e. The molecule has 0 fully saturated rings. The first-order valence-corrected chi connectivity index (χ1v) is 11.3. The monoisotopic (exact) mass is 465 g/mol. The van der Waals surface area contributed by atoms with Crippen molar-refractivity contribution in [1.82, 2.24) is 5.32 Å². The molecular formula is C27H31NO6. The summed E-state index contributed by atoms with van der Waals surface area (Å²) in [6, 6.07) is 9.74. The molecule has 0 aliphatic heterocycles. The Hall–Kier alpha value is -3.74. The van der Waals surface area contributed by atoms with E-state index >= 15 is 0 Å². The third kappa shape index (κ3) is 5.60. The number of nitrogens with one attached hydrogen (secondary N) is 1. The highest BCUT2D eigenvalue weighted by Gasteiger charge is 2.20. The lowest BCUT2D eigenvalue weighted by Crippen LogP contribution is -2.22. The molecule has 3 rings (SSSR count). The van der Waals surface area contributed by atoms with E-state index in [1.165, 1.54) is 0 Å². The summed E-state index contributed by atoms with van der Waals surface area (Å²) in [5.41, 5.74) is 4.96. The highest BCUT2D eigenvalue weighted by atomic mass is 16.5. The molecule has 2 N–H and O–H groups in total. The third-order valence-corrected chi connectivity index (χ3v) is 5.78. The van der Waals surface area contributed by atoms with E-state index in [0.717, 1.165) is 57.4 Å². The molecule has 0 saturated heterocycles. The Balaban J connectivity index is 1.87. The van der Waals surface area contributed by atoms with Crippen molar-refractivity contribution in [2.75, 3.05) is 20.8 Å². The van der Waals surface area contributed by atoms with Crippen molar-refractivity contribution < 1.29 is 28.6 Å². The van der Waals surface area contributed by atoms with Gasteiger partial charge in [-0.3, -0.25) is 9.59 Å². The summed E-state index contributed by atoms with van der Waals surface area (Å²) in [5.74, 6) is 0.404. The molecule has 3 aromatic rings. The van der Waals surface area contributed by atoms with Crippen molar-refractivity contribution >= 4 is 28.4 Å². The standard InChI is InChI=1S/C27H31NO6/c1-17(14-24(29)28-13-9-5-6-12-25(30)31)20-15-21-22(19-10-7-8-11-23(19)32-3)16-34-27(21)18(2)26(20)33-4/h7-8,10-11,14-16H,5-6,9,12-13H2,1-4H3,(H,28,29)(H,30,31)/b17-14+. The van der Waals surface area contributed by atoms with E-state index in [1.807, 2.05) is 44.2 Å². The van der Waals surface area contributed by atoms with Crippen molar-refractivity contribution in [2.24, 2.45) is 0 Å². The number of para-hydroxylation sites is 1. The van der Waals surface area contributed by atoms with Crippen LogP contribution in [0.4, 0.5) is 0 Å². The number of carboxylic acid groups (broad SMARTS) is 1. The van der Waals surface area contributed by atoms with Gasteiger partial charge in [0.15, 0.2) is 0 Å². The average molecular weight is 466 g/mol. The lowest BCUT2D eigenvalue weighted by molar-refractivity contribution is -0.137. The lowest BCUT2D eigenvalue weighted by atomic mass is 9.96. The normalized spacial score (nSPS) is 11.5. The zero-order valence-corrected chi connectivity index (χ0v) is 20.1. The van der Waals surface area contributed by atoms with Crippen molar-refractivity contribution in [3.05, 3.63) is 53.8 Å². The maximum absolute atomic E-state index is 12.5. The van der Waals surface area contributed by atoms with Crippen molar-refractivity contribution in [1.29, 1.82) is 0 Å².